The van der Waals surface area contributed by atoms with Crippen LogP contribution in [0.5, 0.6) is 5.75 Å². The van der Waals surface area contributed by atoms with Gasteiger partial charge >= 0.3 is 0 Å². The van der Waals surface area contributed by atoms with Crippen LogP contribution in [0.4, 0.5) is 0 Å². The topological polar surface area (TPSA) is 25.4 Å². The first kappa shape index (κ1) is 16.5. The van der Waals surface area contributed by atoms with Gasteiger partial charge in [-0.15, -0.1) is 24.8 Å². The Kier molecular flexibility index (Phi) is 8.30. The Bertz CT molecular complexity index is 294. The highest BCUT2D eigenvalue weighted by Gasteiger charge is 2.25. The molecule has 1 heterocycles. The number of rotatable bonds is 6. The number of pyridine rings is 1. The molecule has 0 N–H and O–H groups in total. The van der Waals surface area contributed by atoms with Gasteiger partial charge in [0.05, 0.1) is 12.8 Å². The Morgan fingerprint density at radius 1 is 1.41 bits per heavy atom. The maximum Gasteiger partial charge on any atom is 0.137 e. The Hall–Kier alpha value is -0.510. The van der Waals surface area contributed by atoms with Crippen LogP contribution in [0, 0.1) is 0 Å². The van der Waals surface area contributed by atoms with Gasteiger partial charge in [0, 0.05) is 18.8 Å². The molecule has 0 saturated heterocycles. The van der Waals surface area contributed by atoms with Crippen LogP contribution in [0.2, 0.25) is 0 Å². The lowest BCUT2D eigenvalue weighted by molar-refractivity contribution is 0.257. The molecule has 0 atom stereocenters. The molecule has 1 saturated carbocycles. The van der Waals surface area contributed by atoms with Crippen molar-refractivity contribution in [2.75, 3.05) is 20.2 Å². The summed E-state index contributed by atoms with van der Waals surface area (Å²) in [6.07, 6.45) is 7.35. The maximum absolute atomic E-state index is 5.57. The van der Waals surface area contributed by atoms with Crippen molar-refractivity contribution in [3.63, 3.8) is 0 Å². The summed E-state index contributed by atoms with van der Waals surface area (Å²) >= 11 is 0. The van der Waals surface area contributed by atoms with Gasteiger partial charge < -0.3 is 9.64 Å². The van der Waals surface area contributed by atoms with Crippen LogP contribution in [0.25, 0.3) is 0 Å². The van der Waals surface area contributed by atoms with E-state index < -0.39 is 0 Å². The molecule has 17 heavy (non-hydrogen) atoms. The van der Waals surface area contributed by atoms with Crippen LogP contribution in [0.3, 0.4) is 0 Å². The molecule has 5 heteroatoms. The zero-order valence-electron chi connectivity index (χ0n) is 10.0. The number of nitrogens with zero attached hydrogens (tertiary/aromatic N) is 2. The Morgan fingerprint density at radius 2 is 2.18 bits per heavy atom. The van der Waals surface area contributed by atoms with Crippen LogP contribution in [0.1, 0.15) is 19.3 Å². The van der Waals surface area contributed by atoms with E-state index in [4.69, 9.17) is 4.74 Å². The van der Waals surface area contributed by atoms with Gasteiger partial charge in [-0.25, -0.2) is 0 Å². The van der Waals surface area contributed by atoms with Gasteiger partial charge in [-0.3, -0.25) is 4.98 Å². The summed E-state index contributed by atoms with van der Waals surface area (Å²) in [5.74, 6) is 0.867. The first-order chi connectivity index (χ1) is 7.36. The predicted molar refractivity (Wildman–Crippen MR) is 74.5 cm³/mol. The Morgan fingerprint density at radius 3 is 2.76 bits per heavy atom. The molecule has 0 amide bonds. The highest BCUT2D eigenvalue weighted by molar-refractivity contribution is 5.85. The van der Waals surface area contributed by atoms with E-state index in [2.05, 4.69) is 16.9 Å². The van der Waals surface area contributed by atoms with Crippen LogP contribution in [0.15, 0.2) is 24.5 Å². The van der Waals surface area contributed by atoms with E-state index in [-0.39, 0.29) is 24.8 Å². The van der Waals surface area contributed by atoms with Gasteiger partial charge in [0.2, 0.25) is 0 Å². The molecule has 1 aromatic rings. The molecule has 0 bridgehead atoms. The number of halogens is 2. The van der Waals surface area contributed by atoms with E-state index in [0.29, 0.717) is 0 Å². The fourth-order valence-electron chi connectivity index (χ4n) is 1.63. The van der Waals surface area contributed by atoms with Crippen molar-refractivity contribution in [2.45, 2.75) is 25.3 Å². The highest BCUT2D eigenvalue weighted by Crippen LogP contribution is 2.25. The van der Waals surface area contributed by atoms with E-state index in [1.807, 2.05) is 12.1 Å². The minimum atomic E-state index is 0. The third-order valence-electron chi connectivity index (χ3n) is 2.73. The Balaban J connectivity index is 0.00000128. The quantitative estimate of drug-likeness (QED) is 0.749. The summed E-state index contributed by atoms with van der Waals surface area (Å²) in [7, 11) is 2.20. The van der Waals surface area contributed by atoms with Crippen LogP contribution in [-0.4, -0.2) is 36.1 Å². The van der Waals surface area contributed by atoms with E-state index in [0.717, 1.165) is 31.4 Å². The van der Waals surface area contributed by atoms with Crippen LogP contribution in [-0.2, 0) is 0 Å². The zero-order chi connectivity index (χ0) is 10.5. The van der Waals surface area contributed by atoms with E-state index in [9.17, 15) is 0 Å². The normalized spacial score (nSPS) is 13.8. The van der Waals surface area contributed by atoms with Crippen molar-refractivity contribution in [1.82, 2.24) is 9.88 Å². The molecule has 1 fully saturated rings. The van der Waals surface area contributed by atoms with Crippen LogP contribution < -0.4 is 4.74 Å². The number of aromatic nitrogens is 1. The van der Waals surface area contributed by atoms with Crippen LogP contribution >= 0.6 is 24.8 Å². The molecule has 1 aliphatic carbocycles. The third-order valence-corrected chi connectivity index (χ3v) is 2.73. The van der Waals surface area contributed by atoms with Gasteiger partial charge in [0.25, 0.3) is 0 Å². The number of hydrogen-bond donors (Lipinski definition) is 0. The summed E-state index contributed by atoms with van der Waals surface area (Å²) in [6.45, 7) is 1.91. The first-order valence-corrected chi connectivity index (χ1v) is 5.59. The summed E-state index contributed by atoms with van der Waals surface area (Å²) in [5.41, 5.74) is 0. The maximum atomic E-state index is 5.57. The van der Waals surface area contributed by atoms with Gasteiger partial charge in [0.1, 0.15) is 5.75 Å². The monoisotopic (exact) mass is 278 g/mol. The summed E-state index contributed by atoms with van der Waals surface area (Å²) in [6, 6.07) is 4.69. The first-order valence-electron chi connectivity index (χ1n) is 5.59. The summed E-state index contributed by atoms with van der Waals surface area (Å²) in [4.78, 5) is 6.42. The number of hydrogen-bond acceptors (Lipinski definition) is 3. The fourth-order valence-corrected chi connectivity index (χ4v) is 1.63. The van der Waals surface area contributed by atoms with Gasteiger partial charge in [0.15, 0.2) is 0 Å². The van der Waals surface area contributed by atoms with Gasteiger partial charge in [-0.1, -0.05) is 0 Å². The smallest absolute Gasteiger partial charge is 0.137 e. The van der Waals surface area contributed by atoms with E-state index >= 15 is 0 Å². The number of ether oxygens (including phenoxy) is 1. The lowest BCUT2D eigenvalue weighted by Gasteiger charge is -2.15. The van der Waals surface area contributed by atoms with Crippen molar-refractivity contribution in [2.24, 2.45) is 0 Å². The lowest BCUT2D eigenvalue weighted by atomic mass is 10.4. The SMILES string of the molecule is CN(CCCOc1cccnc1)C1CC1.Cl.Cl. The Labute approximate surface area is 115 Å². The molecule has 0 unspecified atom stereocenters. The predicted octanol–water partition coefficient (Wildman–Crippen LogP) is 2.79. The fraction of sp³-hybridized carbons (Fsp3) is 0.583. The molecule has 2 rings (SSSR count). The molecular formula is C12H20Cl2N2O. The van der Waals surface area contributed by atoms with Crippen molar-refractivity contribution in [3.05, 3.63) is 24.5 Å². The summed E-state index contributed by atoms with van der Waals surface area (Å²) < 4.78 is 5.57. The minimum absolute atomic E-state index is 0. The average molecular weight is 279 g/mol. The molecule has 0 aromatic carbocycles. The summed E-state index contributed by atoms with van der Waals surface area (Å²) in [5, 5.41) is 0. The zero-order valence-corrected chi connectivity index (χ0v) is 11.7. The second-order valence-corrected chi connectivity index (χ2v) is 4.10. The molecule has 1 aliphatic rings. The van der Waals surface area contributed by atoms with E-state index in [1.165, 1.54) is 12.8 Å². The standard InChI is InChI=1S/C12H18N2O.2ClH/c1-14(11-5-6-11)8-3-9-15-12-4-2-7-13-10-12;;/h2,4,7,10-11H,3,5-6,8-9H2,1H3;2*1H. The molecule has 0 spiro atoms. The van der Waals surface area contributed by atoms with Gasteiger partial charge in [-0.2, -0.15) is 0 Å². The molecule has 0 radical (unpaired) electrons. The molecule has 0 aliphatic heterocycles. The van der Waals surface area contributed by atoms with Crippen molar-refractivity contribution < 1.29 is 4.74 Å². The molecule has 1 aromatic heterocycles. The minimum Gasteiger partial charge on any atom is -0.492 e. The van der Waals surface area contributed by atoms with Gasteiger partial charge in [-0.05, 0) is 38.4 Å². The molecule has 98 valence electrons. The molecule has 3 nitrogen and oxygen atoms in total. The average Bonchev–Trinajstić information content (AvgIpc) is 3.09. The largest absolute Gasteiger partial charge is 0.492 e. The van der Waals surface area contributed by atoms with E-state index in [1.54, 1.807) is 12.4 Å². The lowest BCUT2D eigenvalue weighted by Crippen LogP contribution is -2.23. The third kappa shape index (κ3) is 6.10. The molecular weight excluding hydrogens is 259 g/mol. The second-order valence-electron chi connectivity index (χ2n) is 4.10. The second kappa shape index (κ2) is 8.56. The highest BCUT2D eigenvalue weighted by atomic mass is 35.5. The van der Waals surface area contributed by atoms with Crippen molar-refractivity contribution >= 4 is 24.8 Å². The van der Waals surface area contributed by atoms with Crippen molar-refractivity contribution in [3.8, 4) is 5.75 Å². The van der Waals surface area contributed by atoms with Crippen molar-refractivity contribution in [1.29, 1.82) is 0 Å².